The molecule has 1 aromatic heterocycles. The first-order chi connectivity index (χ1) is 9.54. The molecule has 6 heteroatoms. The van der Waals surface area contributed by atoms with Gasteiger partial charge in [-0.15, -0.1) is 0 Å². The van der Waals surface area contributed by atoms with Crippen LogP contribution in [-0.4, -0.2) is 36.9 Å². The van der Waals surface area contributed by atoms with Crippen LogP contribution in [0.25, 0.3) is 0 Å². The quantitative estimate of drug-likeness (QED) is 0.845. The van der Waals surface area contributed by atoms with Crippen LogP contribution >= 0.6 is 0 Å². The van der Waals surface area contributed by atoms with Gasteiger partial charge in [-0.25, -0.2) is 0 Å². The van der Waals surface area contributed by atoms with Gasteiger partial charge >= 0.3 is 0 Å². The molecular formula is C14H23N3O3. The van der Waals surface area contributed by atoms with Crippen LogP contribution in [0, 0.1) is 19.8 Å². The van der Waals surface area contributed by atoms with E-state index in [1.807, 2.05) is 27.7 Å². The molecule has 3 atom stereocenters. The third-order valence-electron chi connectivity index (χ3n) is 3.76. The lowest BCUT2D eigenvalue weighted by molar-refractivity contribution is -0.126. The van der Waals surface area contributed by atoms with Crippen LogP contribution in [0.5, 0.6) is 0 Å². The fraction of sp³-hybridized carbons (Fsp3) is 0.714. The van der Waals surface area contributed by atoms with E-state index in [1.54, 1.807) is 0 Å². The summed E-state index contributed by atoms with van der Waals surface area (Å²) in [4.78, 5) is 12.4. The molecule has 0 saturated carbocycles. The zero-order chi connectivity index (χ0) is 14.7. The van der Waals surface area contributed by atoms with Crippen molar-refractivity contribution in [2.75, 3.05) is 19.8 Å². The van der Waals surface area contributed by atoms with Gasteiger partial charge in [0.25, 0.3) is 0 Å². The van der Waals surface area contributed by atoms with Gasteiger partial charge in [0.15, 0.2) is 0 Å². The number of ether oxygens (including phenoxy) is 1. The lowest BCUT2D eigenvalue weighted by Gasteiger charge is -2.21. The summed E-state index contributed by atoms with van der Waals surface area (Å²) >= 11 is 0. The molecule has 0 aliphatic carbocycles. The van der Waals surface area contributed by atoms with Crippen molar-refractivity contribution in [3.05, 3.63) is 17.0 Å². The molecule has 2 rings (SSSR count). The molecule has 6 nitrogen and oxygen atoms in total. The Bertz CT molecular complexity index is 453. The van der Waals surface area contributed by atoms with Gasteiger partial charge in [-0.2, -0.15) is 0 Å². The number of aromatic nitrogens is 1. The van der Waals surface area contributed by atoms with Gasteiger partial charge in [0.05, 0.1) is 30.9 Å². The van der Waals surface area contributed by atoms with Gasteiger partial charge in [-0.3, -0.25) is 4.79 Å². The number of likely N-dealkylation sites (N-methyl/N-ethyl adjacent to an activating group) is 1. The molecule has 1 aromatic rings. The highest BCUT2D eigenvalue weighted by atomic mass is 16.5. The summed E-state index contributed by atoms with van der Waals surface area (Å²) in [6.45, 7) is 9.61. The summed E-state index contributed by atoms with van der Waals surface area (Å²) in [7, 11) is 0. The number of amides is 1. The van der Waals surface area contributed by atoms with E-state index < -0.39 is 0 Å². The van der Waals surface area contributed by atoms with Crippen LogP contribution in [0.4, 0.5) is 0 Å². The van der Waals surface area contributed by atoms with Crippen molar-refractivity contribution in [1.82, 2.24) is 15.8 Å². The number of hydrogen-bond donors (Lipinski definition) is 2. The van der Waals surface area contributed by atoms with Crippen LogP contribution in [0.1, 0.15) is 36.9 Å². The zero-order valence-corrected chi connectivity index (χ0v) is 12.5. The van der Waals surface area contributed by atoms with Crippen LogP contribution in [0.2, 0.25) is 0 Å². The summed E-state index contributed by atoms with van der Waals surface area (Å²) in [6.07, 6.45) is 0. The Kier molecular flexibility index (Phi) is 4.77. The Morgan fingerprint density at radius 3 is 2.80 bits per heavy atom. The van der Waals surface area contributed by atoms with E-state index in [0.717, 1.165) is 23.6 Å². The van der Waals surface area contributed by atoms with Crippen molar-refractivity contribution in [2.45, 2.75) is 39.8 Å². The van der Waals surface area contributed by atoms with E-state index in [2.05, 4.69) is 15.8 Å². The van der Waals surface area contributed by atoms with Gasteiger partial charge < -0.3 is 19.9 Å². The molecule has 0 aromatic carbocycles. The highest BCUT2D eigenvalue weighted by Crippen LogP contribution is 2.22. The fourth-order valence-corrected chi connectivity index (χ4v) is 2.78. The minimum atomic E-state index is -0.141. The minimum Gasteiger partial charge on any atom is -0.379 e. The first-order valence-corrected chi connectivity index (χ1v) is 7.08. The Morgan fingerprint density at radius 1 is 1.45 bits per heavy atom. The average molecular weight is 281 g/mol. The SMILES string of the molecule is CCNC1COCC1C(=O)NC(C)c1c(C)noc1C. The third-order valence-corrected chi connectivity index (χ3v) is 3.76. The topological polar surface area (TPSA) is 76.4 Å². The maximum Gasteiger partial charge on any atom is 0.227 e. The van der Waals surface area contributed by atoms with Crippen molar-refractivity contribution in [3.8, 4) is 0 Å². The van der Waals surface area contributed by atoms with Crippen LogP contribution < -0.4 is 10.6 Å². The van der Waals surface area contributed by atoms with E-state index in [4.69, 9.17) is 9.26 Å². The zero-order valence-electron chi connectivity index (χ0n) is 12.5. The predicted octanol–water partition coefficient (Wildman–Crippen LogP) is 1.09. The van der Waals surface area contributed by atoms with Crippen molar-refractivity contribution < 1.29 is 14.1 Å². The number of nitrogens with one attached hydrogen (secondary N) is 2. The van der Waals surface area contributed by atoms with E-state index in [-0.39, 0.29) is 23.9 Å². The minimum absolute atomic E-state index is 0.0148. The summed E-state index contributed by atoms with van der Waals surface area (Å²) in [5.74, 6) is 0.625. The Balaban J connectivity index is 2.00. The van der Waals surface area contributed by atoms with Crippen molar-refractivity contribution in [3.63, 3.8) is 0 Å². The molecule has 0 radical (unpaired) electrons. The first kappa shape index (κ1) is 15.0. The second kappa shape index (κ2) is 6.37. The van der Waals surface area contributed by atoms with Crippen LogP contribution in [0.15, 0.2) is 4.52 Å². The molecule has 1 fully saturated rings. The molecular weight excluding hydrogens is 258 g/mol. The largest absolute Gasteiger partial charge is 0.379 e. The highest BCUT2D eigenvalue weighted by molar-refractivity contribution is 5.80. The number of hydrogen-bond acceptors (Lipinski definition) is 5. The Labute approximate surface area is 119 Å². The van der Waals surface area contributed by atoms with Gasteiger partial charge in [-0.1, -0.05) is 12.1 Å². The van der Waals surface area contributed by atoms with Gasteiger partial charge in [0.1, 0.15) is 5.76 Å². The fourth-order valence-electron chi connectivity index (χ4n) is 2.78. The predicted molar refractivity (Wildman–Crippen MR) is 74.3 cm³/mol. The summed E-state index contributed by atoms with van der Waals surface area (Å²) in [5, 5.41) is 10.2. The smallest absolute Gasteiger partial charge is 0.227 e. The van der Waals surface area contributed by atoms with Crippen molar-refractivity contribution >= 4 is 5.91 Å². The van der Waals surface area contributed by atoms with Crippen molar-refractivity contribution in [1.29, 1.82) is 0 Å². The molecule has 20 heavy (non-hydrogen) atoms. The monoisotopic (exact) mass is 281 g/mol. The summed E-state index contributed by atoms with van der Waals surface area (Å²) in [5.41, 5.74) is 1.78. The number of rotatable bonds is 5. The number of aryl methyl sites for hydroxylation is 2. The first-order valence-electron chi connectivity index (χ1n) is 7.08. The van der Waals surface area contributed by atoms with E-state index in [0.29, 0.717) is 13.2 Å². The molecule has 2 N–H and O–H groups in total. The highest BCUT2D eigenvalue weighted by Gasteiger charge is 2.34. The Morgan fingerprint density at radius 2 is 2.20 bits per heavy atom. The van der Waals surface area contributed by atoms with Gasteiger partial charge in [0, 0.05) is 11.6 Å². The maximum atomic E-state index is 12.4. The normalized spacial score (nSPS) is 23.8. The Hall–Kier alpha value is -1.40. The lowest BCUT2D eigenvalue weighted by Crippen LogP contribution is -2.44. The molecule has 0 spiro atoms. The molecule has 3 unspecified atom stereocenters. The molecule has 112 valence electrons. The van der Waals surface area contributed by atoms with Crippen molar-refractivity contribution in [2.24, 2.45) is 5.92 Å². The second-order valence-electron chi connectivity index (χ2n) is 5.28. The molecule has 1 aliphatic heterocycles. The van der Waals surface area contributed by atoms with Crippen LogP contribution in [-0.2, 0) is 9.53 Å². The molecule has 2 heterocycles. The molecule has 1 aliphatic rings. The second-order valence-corrected chi connectivity index (χ2v) is 5.28. The summed E-state index contributed by atoms with van der Waals surface area (Å²) in [6, 6.07) is -0.0199. The number of carbonyl (C=O) groups is 1. The average Bonchev–Trinajstić information content (AvgIpc) is 2.97. The molecule has 1 amide bonds. The molecule has 0 bridgehead atoms. The standard InChI is InChI=1S/C14H23N3O3/c1-5-15-12-7-19-6-11(12)14(18)16-8(2)13-9(3)17-20-10(13)4/h8,11-12,15H,5-7H2,1-4H3,(H,16,18). The maximum absolute atomic E-state index is 12.4. The third kappa shape index (κ3) is 3.02. The lowest BCUT2D eigenvalue weighted by atomic mass is 10.0. The van der Waals surface area contributed by atoms with E-state index in [1.165, 1.54) is 0 Å². The number of nitrogens with zero attached hydrogens (tertiary/aromatic N) is 1. The van der Waals surface area contributed by atoms with Crippen LogP contribution in [0.3, 0.4) is 0 Å². The van der Waals surface area contributed by atoms with Gasteiger partial charge in [0.2, 0.25) is 5.91 Å². The van der Waals surface area contributed by atoms with Gasteiger partial charge in [-0.05, 0) is 27.3 Å². The summed E-state index contributed by atoms with van der Waals surface area (Å²) < 4.78 is 10.6. The number of carbonyl (C=O) groups excluding carboxylic acids is 1. The molecule has 1 saturated heterocycles. The van der Waals surface area contributed by atoms with E-state index >= 15 is 0 Å². The van der Waals surface area contributed by atoms with E-state index in [9.17, 15) is 4.79 Å².